The zero-order valence-corrected chi connectivity index (χ0v) is 18.0. The molecule has 1 aliphatic heterocycles. The first-order valence-electron chi connectivity index (χ1n) is 8.76. The molecule has 2 aromatic rings. The number of hydrogen-bond donors (Lipinski definition) is 2. The molecule has 0 atom stereocenters. The van der Waals surface area contributed by atoms with E-state index in [9.17, 15) is 0 Å². The number of nitrogens with zero attached hydrogens (tertiary/aromatic N) is 2. The lowest BCUT2D eigenvalue weighted by Crippen LogP contribution is -2.44. The molecule has 1 saturated heterocycles. The third kappa shape index (κ3) is 7.65. The van der Waals surface area contributed by atoms with Gasteiger partial charge in [-0.3, -0.25) is 4.90 Å². The summed E-state index contributed by atoms with van der Waals surface area (Å²) in [5.41, 5.74) is 1.24. The number of guanidine groups is 1. The van der Waals surface area contributed by atoms with Gasteiger partial charge in [0.1, 0.15) is 5.76 Å². The summed E-state index contributed by atoms with van der Waals surface area (Å²) >= 11 is 1.70. The van der Waals surface area contributed by atoms with Crippen LogP contribution in [0.3, 0.4) is 0 Å². The van der Waals surface area contributed by atoms with E-state index in [4.69, 9.17) is 14.1 Å². The lowest BCUT2D eigenvalue weighted by atomic mass is 10.3. The zero-order chi connectivity index (χ0) is 17.2. The van der Waals surface area contributed by atoms with Crippen LogP contribution < -0.4 is 10.6 Å². The summed E-state index contributed by atoms with van der Waals surface area (Å²) in [5.74, 6) is 1.84. The zero-order valence-electron chi connectivity index (χ0n) is 14.9. The molecule has 3 heterocycles. The topological polar surface area (TPSA) is 62.0 Å². The van der Waals surface area contributed by atoms with Crippen LogP contribution in [0.2, 0.25) is 0 Å². The van der Waals surface area contributed by atoms with Crippen LogP contribution in [0.4, 0.5) is 0 Å². The Bertz CT molecular complexity index is 613. The summed E-state index contributed by atoms with van der Waals surface area (Å²) in [4.78, 5) is 7.11. The fourth-order valence-corrected chi connectivity index (χ4v) is 3.30. The second kappa shape index (κ2) is 12.3. The Hall–Kier alpha value is -1.10. The van der Waals surface area contributed by atoms with Gasteiger partial charge in [0.05, 0.1) is 26.0 Å². The first-order chi connectivity index (χ1) is 12.4. The minimum Gasteiger partial charge on any atom is -0.469 e. The second-order valence-electron chi connectivity index (χ2n) is 5.93. The number of hydrogen-bond acceptors (Lipinski definition) is 5. The Balaban J connectivity index is 0.00000243. The van der Waals surface area contributed by atoms with Crippen molar-refractivity contribution in [3.8, 4) is 0 Å². The Morgan fingerprint density at radius 3 is 2.77 bits per heavy atom. The number of halogens is 1. The average Bonchev–Trinajstić information content (AvgIpc) is 3.34. The van der Waals surface area contributed by atoms with E-state index in [0.29, 0.717) is 6.54 Å². The van der Waals surface area contributed by atoms with E-state index in [1.807, 2.05) is 12.1 Å². The summed E-state index contributed by atoms with van der Waals surface area (Å²) < 4.78 is 10.8. The van der Waals surface area contributed by atoms with Crippen LogP contribution >= 0.6 is 35.3 Å². The molecule has 8 heteroatoms. The second-order valence-corrected chi connectivity index (χ2v) is 6.71. The van der Waals surface area contributed by atoms with Crippen molar-refractivity contribution >= 4 is 41.3 Å². The molecule has 26 heavy (non-hydrogen) atoms. The van der Waals surface area contributed by atoms with Gasteiger partial charge < -0.3 is 19.8 Å². The molecule has 2 aromatic heterocycles. The fraction of sp³-hybridized carbons (Fsp3) is 0.500. The van der Waals surface area contributed by atoms with Crippen molar-refractivity contribution in [3.05, 3.63) is 46.5 Å². The molecule has 3 rings (SSSR count). The van der Waals surface area contributed by atoms with Gasteiger partial charge in [-0.05, 0) is 34.5 Å². The standard InChI is InChI=1S/C18H26N4O2S.HI/c1-2-17(24-10-1)3-5-19-18(21-14-16-4-13-25-15-16)20-6-7-22-8-11-23-12-9-22;/h1-2,4,10,13,15H,3,5-9,11-12,14H2,(H2,19,20,21);1H. The Labute approximate surface area is 176 Å². The van der Waals surface area contributed by atoms with Crippen LogP contribution in [-0.2, 0) is 17.7 Å². The van der Waals surface area contributed by atoms with Crippen LogP contribution in [0.5, 0.6) is 0 Å². The van der Waals surface area contributed by atoms with Crippen molar-refractivity contribution < 1.29 is 9.15 Å². The molecule has 2 N–H and O–H groups in total. The maximum atomic E-state index is 5.39. The van der Waals surface area contributed by atoms with Gasteiger partial charge in [-0.2, -0.15) is 11.3 Å². The summed E-state index contributed by atoms with van der Waals surface area (Å²) in [6.45, 7) is 7.04. The van der Waals surface area contributed by atoms with Crippen LogP contribution in [-0.4, -0.2) is 56.8 Å². The van der Waals surface area contributed by atoms with Crippen LogP contribution in [0, 0.1) is 0 Å². The molecule has 1 aliphatic rings. The molecule has 144 valence electrons. The largest absolute Gasteiger partial charge is 0.469 e. The lowest BCUT2D eigenvalue weighted by Gasteiger charge is -2.26. The minimum atomic E-state index is 0. The number of ether oxygens (including phenoxy) is 1. The Morgan fingerprint density at radius 2 is 2.04 bits per heavy atom. The van der Waals surface area contributed by atoms with Crippen LogP contribution in [0.15, 0.2) is 44.6 Å². The van der Waals surface area contributed by atoms with Crippen molar-refractivity contribution in [1.29, 1.82) is 0 Å². The number of aliphatic imine (C=N–C) groups is 1. The first kappa shape index (κ1) is 21.2. The van der Waals surface area contributed by atoms with Gasteiger partial charge in [0, 0.05) is 39.1 Å². The van der Waals surface area contributed by atoms with Gasteiger partial charge in [0.15, 0.2) is 5.96 Å². The number of furan rings is 1. The van der Waals surface area contributed by atoms with Gasteiger partial charge in [-0.1, -0.05) is 0 Å². The summed E-state index contributed by atoms with van der Waals surface area (Å²) in [6.07, 6.45) is 2.55. The molecule has 0 aromatic carbocycles. The third-order valence-electron chi connectivity index (χ3n) is 4.07. The Kier molecular flexibility index (Phi) is 10.0. The van der Waals surface area contributed by atoms with E-state index in [1.54, 1.807) is 17.6 Å². The average molecular weight is 490 g/mol. The SMILES string of the molecule is I.c1coc(CCNC(=NCc2ccsc2)NCCN2CCOCC2)c1. The highest BCUT2D eigenvalue weighted by Gasteiger charge is 2.09. The molecular formula is C18H27IN4O2S. The molecule has 6 nitrogen and oxygen atoms in total. The van der Waals surface area contributed by atoms with Crippen molar-refractivity contribution in [2.75, 3.05) is 45.9 Å². The normalized spacial score (nSPS) is 15.5. The van der Waals surface area contributed by atoms with Gasteiger partial charge >= 0.3 is 0 Å². The van der Waals surface area contributed by atoms with Gasteiger partial charge in [-0.15, -0.1) is 24.0 Å². The highest BCUT2D eigenvalue weighted by molar-refractivity contribution is 14.0. The molecule has 0 radical (unpaired) electrons. The molecule has 0 unspecified atom stereocenters. The number of nitrogens with one attached hydrogen (secondary N) is 2. The number of thiophene rings is 1. The van der Waals surface area contributed by atoms with E-state index in [2.05, 4.69) is 32.4 Å². The maximum absolute atomic E-state index is 5.39. The lowest BCUT2D eigenvalue weighted by molar-refractivity contribution is 0.0389. The van der Waals surface area contributed by atoms with Crippen molar-refractivity contribution in [1.82, 2.24) is 15.5 Å². The van der Waals surface area contributed by atoms with Crippen LogP contribution in [0.1, 0.15) is 11.3 Å². The minimum absolute atomic E-state index is 0. The predicted molar refractivity (Wildman–Crippen MR) is 117 cm³/mol. The summed E-state index contributed by atoms with van der Waals surface area (Å²) in [5, 5.41) is 11.1. The van der Waals surface area contributed by atoms with Gasteiger partial charge in [0.2, 0.25) is 0 Å². The maximum Gasteiger partial charge on any atom is 0.191 e. The van der Waals surface area contributed by atoms with Gasteiger partial charge in [0.25, 0.3) is 0 Å². The van der Waals surface area contributed by atoms with E-state index >= 15 is 0 Å². The third-order valence-corrected chi connectivity index (χ3v) is 4.80. The quantitative estimate of drug-likeness (QED) is 0.339. The highest BCUT2D eigenvalue weighted by atomic mass is 127. The summed E-state index contributed by atoms with van der Waals surface area (Å²) in [7, 11) is 0. The molecule has 0 saturated carbocycles. The highest BCUT2D eigenvalue weighted by Crippen LogP contribution is 2.06. The molecule has 0 aliphatic carbocycles. The van der Waals surface area contributed by atoms with E-state index in [0.717, 1.165) is 64.1 Å². The predicted octanol–water partition coefficient (Wildman–Crippen LogP) is 2.57. The number of morpholine rings is 1. The molecule has 1 fully saturated rings. The molecule has 0 spiro atoms. The molecule has 0 amide bonds. The first-order valence-corrected chi connectivity index (χ1v) is 9.70. The monoisotopic (exact) mass is 490 g/mol. The van der Waals surface area contributed by atoms with Gasteiger partial charge in [-0.25, -0.2) is 4.99 Å². The van der Waals surface area contributed by atoms with E-state index in [-0.39, 0.29) is 24.0 Å². The number of rotatable bonds is 8. The van der Waals surface area contributed by atoms with Crippen molar-refractivity contribution in [3.63, 3.8) is 0 Å². The van der Waals surface area contributed by atoms with E-state index < -0.39 is 0 Å². The smallest absolute Gasteiger partial charge is 0.191 e. The molecule has 0 bridgehead atoms. The van der Waals surface area contributed by atoms with Crippen molar-refractivity contribution in [2.45, 2.75) is 13.0 Å². The van der Waals surface area contributed by atoms with E-state index in [1.165, 1.54) is 5.56 Å². The summed E-state index contributed by atoms with van der Waals surface area (Å²) in [6, 6.07) is 6.03. The molecular weight excluding hydrogens is 463 g/mol. The van der Waals surface area contributed by atoms with Crippen LogP contribution in [0.25, 0.3) is 0 Å². The Morgan fingerprint density at radius 1 is 1.19 bits per heavy atom. The van der Waals surface area contributed by atoms with Crippen molar-refractivity contribution in [2.24, 2.45) is 4.99 Å². The fourth-order valence-electron chi connectivity index (χ4n) is 2.64.